The van der Waals surface area contributed by atoms with Crippen molar-refractivity contribution in [2.75, 3.05) is 12.8 Å². The highest BCUT2D eigenvalue weighted by molar-refractivity contribution is 7.08. The van der Waals surface area contributed by atoms with Gasteiger partial charge in [0.1, 0.15) is 5.75 Å². The molecule has 18 heavy (non-hydrogen) atoms. The highest BCUT2D eigenvalue weighted by Gasteiger charge is 2.03. The van der Waals surface area contributed by atoms with Crippen molar-refractivity contribution in [1.82, 2.24) is 5.32 Å². The molecule has 0 aliphatic heterocycles. The van der Waals surface area contributed by atoms with Crippen molar-refractivity contribution in [3.05, 3.63) is 45.6 Å². The smallest absolute Gasteiger partial charge is 0.119 e. The first-order valence-electron chi connectivity index (χ1n) is 5.85. The highest BCUT2D eigenvalue weighted by Crippen LogP contribution is 2.19. The first-order chi connectivity index (χ1) is 8.70. The molecule has 0 aliphatic carbocycles. The SMILES string of the molecule is COc1ccc(N)c(CNCc2cscc2C)c1. The Labute approximate surface area is 112 Å². The second-order valence-corrected chi connectivity index (χ2v) is 4.99. The maximum Gasteiger partial charge on any atom is 0.119 e. The van der Waals surface area contributed by atoms with Gasteiger partial charge in [0.2, 0.25) is 0 Å². The van der Waals surface area contributed by atoms with Crippen LogP contribution in [0.4, 0.5) is 5.69 Å². The summed E-state index contributed by atoms with van der Waals surface area (Å²) in [7, 11) is 1.66. The molecule has 2 rings (SSSR count). The predicted octanol–water partition coefficient (Wildman–Crippen LogP) is 2.94. The molecular formula is C14H18N2OS. The van der Waals surface area contributed by atoms with E-state index < -0.39 is 0 Å². The molecule has 0 spiro atoms. The van der Waals surface area contributed by atoms with Crippen LogP contribution in [0.15, 0.2) is 29.0 Å². The van der Waals surface area contributed by atoms with Crippen LogP contribution in [0.2, 0.25) is 0 Å². The van der Waals surface area contributed by atoms with Gasteiger partial charge in [-0.25, -0.2) is 0 Å². The Hall–Kier alpha value is -1.52. The third-order valence-electron chi connectivity index (χ3n) is 2.94. The van der Waals surface area contributed by atoms with E-state index in [1.807, 2.05) is 18.2 Å². The lowest BCUT2D eigenvalue weighted by Crippen LogP contribution is -2.14. The number of nitrogens with two attached hydrogens (primary N) is 1. The third kappa shape index (κ3) is 3.03. The molecule has 1 aromatic heterocycles. The van der Waals surface area contributed by atoms with Gasteiger partial charge in [-0.3, -0.25) is 0 Å². The van der Waals surface area contributed by atoms with Gasteiger partial charge in [0.15, 0.2) is 0 Å². The molecule has 3 nitrogen and oxygen atoms in total. The van der Waals surface area contributed by atoms with Gasteiger partial charge in [-0.15, -0.1) is 0 Å². The first-order valence-corrected chi connectivity index (χ1v) is 6.79. The Kier molecular flexibility index (Phi) is 4.23. The Balaban J connectivity index is 1.96. The van der Waals surface area contributed by atoms with Crippen LogP contribution in [0.1, 0.15) is 16.7 Å². The molecule has 4 heteroatoms. The lowest BCUT2D eigenvalue weighted by atomic mass is 10.1. The fourth-order valence-electron chi connectivity index (χ4n) is 1.76. The van der Waals surface area contributed by atoms with E-state index in [4.69, 9.17) is 10.5 Å². The number of benzene rings is 1. The summed E-state index contributed by atoms with van der Waals surface area (Å²) in [4.78, 5) is 0. The molecule has 1 aromatic carbocycles. The van der Waals surface area contributed by atoms with Crippen molar-refractivity contribution in [1.29, 1.82) is 0 Å². The quantitative estimate of drug-likeness (QED) is 0.814. The molecule has 0 saturated heterocycles. The average molecular weight is 262 g/mol. The van der Waals surface area contributed by atoms with Gasteiger partial charge in [-0.1, -0.05) is 0 Å². The molecule has 2 aromatic rings. The molecule has 1 heterocycles. The topological polar surface area (TPSA) is 47.3 Å². The second kappa shape index (κ2) is 5.89. The lowest BCUT2D eigenvalue weighted by molar-refractivity contribution is 0.414. The molecule has 0 aliphatic rings. The maximum absolute atomic E-state index is 5.94. The van der Waals surface area contributed by atoms with Crippen molar-refractivity contribution in [2.24, 2.45) is 0 Å². The minimum atomic E-state index is 0.748. The van der Waals surface area contributed by atoms with E-state index in [1.54, 1.807) is 18.4 Å². The van der Waals surface area contributed by atoms with Gasteiger partial charge in [0.05, 0.1) is 7.11 Å². The standard InChI is InChI=1S/C14H18N2OS/c1-10-8-18-9-12(10)7-16-6-11-5-13(17-2)3-4-14(11)15/h3-5,8-9,16H,6-7,15H2,1-2H3. The summed E-state index contributed by atoms with van der Waals surface area (Å²) in [6.07, 6.45) is 0. The van der Waals surface area contributed by atoms with E-state index in [2.05, 4.69) is 23.0 Å². The second-order valence-electron chi connectivity index (χ2n) is 4.25. The number of hydrogen-bond acceptors (Lipinski definition) is 4. The van der Waals surface area contributed by atoms with Crippen molar-refractivity contribution < 1.29 is 4.74 Å². The van der Waals surface area contributed by atoms with Crippen molar-refractivity contribution in [2.45, 2.75) is 20.0 Å². The fourth-order valence-corrected chi connectivity index (χ4v) is 2.62. The van der Waals surface area contributed by atoms with Crippen LogP contribution in [0, 0.1) is 6.92 Å². The number of aryl methyl sites for hydroxylation is 1. The number of methoxy groups -OCH3 is 1. The van der Waals surface area contributed by atoms with E-state index >= 15 is 0 Å². The van der Waals surface area contributed by atoms with E-state index in [-0.39, 0.29) is 0 Å². The first kappa shape index (κ1) is 12.9. The average Bonchev–Trinajstić information content (AvgIpc) is 2.77. The maximum atomic E-state index is 5.94. The molecule has 0 amide bonds. The summed E-state index contributed by atoms with van der Waals surface area (Å²) in [6, 6.07) is 5.73. The molecular weight excluding hydrogens is 244 g/mol. The number of ether oxygens (including phenoxy) is 1. The van der Waals surface area contributed by atoms with E-state index in [0.29, 0.717) is 0 Å². The lowest BCUT2D eigenvalue weighted by Gasteiger charge is -2.09. The number of rotatable bonds is 5. The summed E-state index contributed by atoms with van der Waals surface area (Å²) in [5, 5.41) is 7.75. The number of hydrogen-bond donors (Lipinski definition) is 2. The third-order valence-corrected chi connectivity index (χ3v) is 3.85. The van der Waals surface area contributed by atoms with Crippen molar-refractivity contribution in [3.8, 4) is 5.75 Å². The van der Waals surface area contributed by atoms with Crippen LogP contribution in [-0.4, -0.2) is 7.11 Å². The van der Waals surface area contributed by atoms with Crippen LogP contribution >= 0.6 is 11.3 Å². The van der Waals surface area contributed by atoms with Crippen LogP contribution in [-0.2, 0) is 13.1 Å². The Morgan fingerprint density at radius 1 is 1.22 bits per heavy atom. The highest BCUT2D eigenvalue weighted by atomic mass is 32.1. The molecule has 0 saturated carbocycles. The van der Waals surface area contributed by atoms with Gasteiger partial charge in [0, 0.05) is 18.8 Å². The minimum Gasteiger partial charge on any atom is -0.497 e. The van der Waals surface area contributed by atoms with Gasteiger partial charge in [-0.05, 0) is 52.6 Å². The summed E-state index contributed by atoms with van der Waals surface area (Å²) in [5.74, 6) is 0.840. The molecule has 0 unspecified atom stereocenters. The molecule has 3 N–H and O–H groups in total. The van der Waals surface area contributed by atoms with E-state index in [0.717, 1.165) is 30.1 Å². The zero-order valence-electron chi connectivity index (χ0n) is 10.7. The molecule has 0 fully saturated rings. The molecule has 0 atom stereocenters. The zero-order chi connectivity index (χ0) is 13.0. The Morgan fingerprint density at radius 2 is 2.00 bits per heavy atom. The summed E-state index contributed by atoms with van der Waals surface area (Å²) in [6.45, 7) is 3.75. The van der Waals surface area contributed by atoms with Crippen LogP contribution in [0.5, 0.6) is 5.75 Å². The van der Waals surface area contributed by atoms with Crippen LogP contribution < -0.4 is 15.8 Å². The Bertz CT molecular complexity index is 522. The number of nitrogen functional groups attached to an aromatic ring is 1. The summed E-state index contributed by atoms with van der Waals surface area (Å²) in [5.41, 5.74) is 10.5. The number of thiophene rings is 1. The Morgan fingerprint density at radius 3 is 2.67 bits per heavy atom. The number of anilines is 1. The van der Waals surface area contributed by atoms with Crippen molar-refractivity contribution >= 4 is 17.0 Å². The van der Waals surface area contributed by atoms with Crippen LogP contribution in [0.25, 0.3) is 0 Å². The molecule has 0 bridgehead atoms. The van der Waals surface area contributed by atoms with Gasteiger partial charge < -0.3 is 15.8 Å². The van der Waals surface area contributed by atoms with E-state index in [9.17, 15) is 0 Å². The molecule has 0 radical (unpaired) electrons. The normalized spacial score (nSPS) is 10.6. The molecule has 96 valence electrons. The monoisotopic (exact) mass is 262 g/mol. The summed E-state index contributed by atoms with van der Waals surface area (Å²) < 4.78 is 5.20. The predicted molar refractivity (Wildman–Crippen MR) is 77.0 cm³/mol. The van der Waals surface area contributed by atoms with Gasteiger partial charge >= 0.3 is 0 Å². The van der Waals surface area contributed by atoms with Crippen LogP contribution in [0.3, 0.4) is 0 Å². The van der Waals surface area contributed by atoms with E-state index in [1.165, 1.54) is 11.1 Å². The minimum absolute atomic E-state index is 0.748. The number of nitrogens with one attached hydrogen (secondary N) is 1. The largest absolute Gasteiger partial charge is 0.497 e. The van der Waals surface area contributed by atoms with Crippen molar-refractivity contribution in [3.63, 3.8) is 0 Å². The van der Waals surface area contributed by atoms with Gasteiger partial charge in [-0.2, -0.15) is 11.3 Å². The zero-order valence-corrected chi connectivity index (χ0v) is 11.5. The fraction of sp³-hybridized carbons (Fsp3) is 0.286. The van der Waals surface area contributed by atoms with Gasteiger partial charge in [0.25, 0.3) is 0 Å². The summed E-state index contributed by atoms with van der Waals surface area (Å²) >= 11 is 1.74.